The second-order valence-corrected chi connectivity index (χ2v) is 7.49. The molecule has 2 amide bonds. The number of ether oxygens (including phenoxy) is 1. The summed E-state index contributed by atoms with van der Waals surface area (Å²) in [6.45, 7) is 7.28. The molecule has 2 N–H and O–H groups in total. The molecule has 2 heterocycles. The van der Waals surface area contributed by atoms with Crippen LogP contribution in [0.15, 0.2) is 29.4 Å². The van der Waals surface area contributed by atoms with Gasteiger partial charge in [-0.05, 0) is 39.2 Å². The Bertz CT molecular complexity index is 640. The SMILES string of the molecule is Cc1ccc(C2=NO[C@H](CNC(=O)N[C@H]3CCOC(C)(C)C3)C2)cc1. The molecule has 25 heavy (non-hydrogen) atoms. The number of oxime groups is 1. The molecule has 2 aliphatic rings. The molecule has 0 unspecified atom stereocenters. The Balaban J connectivity index is 1.41. The van der Waals surface area contributed by atoms with E-state index < -0.39 is 0 Å². The monoisotopic (exact) mass is 345 g/mol. The zero-order chi connectivity index (χ0) is 17.9. The molecule has 1 aromatic carbocycles. The predicted molar refractivity (Wildman–Crippen MR) is 96.8 cm³/mol. The van der Waals surface area contributed by atoms with E-state index in [-0.39, 0.29) is 23.8 Å². The Kier molecular flexibility index (Phi) is 5.27. The van der Waals surface area contributed by atoms with Crippen molar-refractivity contribution in [3.05, 3.63) is 35.4 Å². The molecule has 2 aliphatic heterocycles. The Morgan fingerprint density at radius 2 is 2.08 bits per heavy atom. The van der Waals surface area contributed by atoms with Crippen molar-refractivity contribution in [1.29, 1.82) is 0 Å². The Hall–Kier alpha value is -2.08. The van der Waals surface area contributed by atoms with Crippen LogP contribution in [0.3, 0.4) is 0 Å². The highest BCUT2D eigenvalue weighted by Gasteiger charge is 2.30. The van der Waals surface area contributed by atoms with E-state index in [2.05, 4.69) is 48.7 Å². The molecule has 0 radical (unpaired) electrons. The lowest BCUT2D eigenvalue weighted by atomic mass is 9.94. The van der Waals surface area contributed by atoms with Gasteiger partial charge in [0.2, 0.25) is 0 Å². The minimum Gasteiger partial charge on any atom is -0.390 e. The number of hydrogen-bond acceptors (Lipinski definition) is 4. The van der Waals surface area contributed by atoms with Crippen LogP contribution in [0.25, 0.3) is 0 Å². The fourth-order valence-electron chi connectivity index (χ4n) is 3.25. The maximum Gasteiger partial charge on any atom is 0.315 e. The van der Waals surface area contributed by atoms with E-state index >= 15 is 0 Å². The van der Waals surface area contributed by atoms with E-state index in [4.69, 9.17) is 9.57 Å². The zero-order valence-electron chi connectivity index (χ0n) is 15.2. The lowest BCUT2D eigenvalue weighted by Gasteiger charge is -2.35. The largest absolute Gasteiger partial charge is 0.390 e. The molecule has 0 spiro atoms. The molecule has 3 rings (SSSR count). The first-order chi connectivity index (χ1) is 11.9. The maximum absolute atomic E-state index is 12.1. The van der Waals surface area contributed by atoms with Crippen molar-refractivity contribution in [3.63, 3.8) is 0 Å². The number of benzene rings is 1. The van der Waals surface area contributed by atoms with E-state index in [1.54, 1.807) is 0 Å². The van der Waals surface area contributed by atoms with Gasteiger partial charge < -0.3 is 20.2 Å². The third-order valence-electron chi connectivity index (χ3n) is 4.64. The van der Waals surface area contributed by atoms with Crippen molar-refractivity contribution in [2.45, 2.75) is 57.8 Å². The minimum atomic E-state index is -0.179. The molecular formula is C19H27N3O3. The molecule has 136 valence electrons. The second-order valence-electron chi connectivity index (χ2n) is 7.49. The summed E-state index contributed by atoms with van der Waals surface area (Å²) in [6.07, 6.45) is 2.25. The summed E-state index contributed by atoms with van der Waals surface area (Å²) in [5, 5.41) is 10.1. The van der Waals surface area contributed by atoms with Crippen molar-refractivity contribution in [3.8, 4) is 0 Å². The van der Waals surface area contributed by atoms with Crippen LogP contribution in [0.1, 0.15) is 44.2 Å². The molecule has 0 bridgehead atoms. The van der Waals surface area contributed by atoms with Gasteiger partial charge in [0.15, 0.2) is 6.10 Å². The number of hydrogen-bond donors (Lipinski definition) is 2. The Labute approximate surface area is 149 Å². The molecule has 6 nitrogen and oxygen atoms in total. The first-order valence-electron chi connectivity index (χ1n) is 8.89. The lowest BCUT2D eigenvalue weighted by molar-refractivity contribution is -0.0611. The smallest absolute Gasteiger partial charge is 0.315 e. The number of carbonyl (C=O) groups excluding carboxylic acids is 1. The van der Waals surface area contributed by atoms with Crippen molar-refractivity contribution in [2.75, 3.05) is 13.2 Å². The number of nitrogens with one attached hydrogen (secondary N) is 2. The normalized spacial score (nSPS) is 25.0. The van der Waals surface area contributed by atoms with Crippen LogP contribution in [-0.4, -0.2) is 42.6 Å². The van der Waals surface area contributed by atoms with E-state index in [1.807, 2.05) is 12.1 Å². The fraction of sp³-hybridized carbons (Fsp3) is 0.579. The van der Waals surface area contributed by atoms with Gasteiger partial charge in [0.05, 0.1) is 17.9 Å². The lowest BCUT2D eigenvalue weighted by Crippen LogP contribution is -2.49. The third-order valence-corrected chi connectivity index (χ3v) is 4.64. The molecule has 0 aromatic heterocycles. The highest BCUT2D eigenvalue weighted by molar-refractivity contribution is 6.01. The van der Waals surface area contributed by atoms with Gasteiger partial charge in [-0.1, -0.05) is 35.0 Å². The van der Waals surface area contributed by atoms with E-state index in [1.165, 1.54) is 5.56 Å². The van der Waals surface area contributed by atoms with Crippen LogP contribution in [0.5, 0.6) is 0 Å². The van der Waals surface area contributed by atoms with Crippen LogP contribution in [-0.2, 0) is 9.57 Å². The van der Waals surface area contributed by atoms with Gasteiger partial charge in [0.25, 0.3) is 0 Å². The predicted octanol–water partition coefficient (Wildman–Crippen LogP) is 2.74. The summed E-state index contributed by atoms with van der Waals surface area (Å²) in [5.74, 6) is 0. The van der Waals surface area contributed by atoms with Crippen LogP contribution in [0.2, 0.25) is 0 Å². The molecule has 2 atom stereocenters. The maximum atomic E-state index is 12.1. The molecule has 0 aliphatic carbocycles. The number of amides is 2. The van der Waals surface area contributed by atoms with Crippen LogP contribution in [0, 0.1) is 6.92 Å². The summed E-state index contributed by atoms with van der Waals surface area (Å²) >= 11 is 0. The molecule has 1 fully saturated rings. The van der Waals surface area contributed by atoms with Gasteiger partial charge in [0, 0.05) is 19.1 Å². The average molecular weight is 345 g/mol. The van der Waals surface area contributed by atoms with Crippen molar-refractivity contribution in [1.82, 2.24) is 10.6 Å². The molecule has 6 heteroatoms. The number of urea groups is 1. The van der Waals surface area contributed by atoms with Gasteiger partial charge in [-0.15, -0.1) is 0 Å². The van der Waals surface area contributed by atoms with Gasteiger partial charge in [-0.3, -0.25) is 0 Å². The highest BCUT2D eigenvalue weighted by Crippen LogP contribution is 2.23. The minimum absolute atomic E-state index is 0.117. The number of aryl methyl sites for hydroxylation is 1. The quantitative estimate of drug-likeness (QED) is 0.881. The molecule has 1 saturated heterocycles. The average Bonchev–Trinajstić information content (AvgIpc) is 3.02. The van der Waals surface area contributed by atoms with Crippen molar-refractivity contribution in [2.24, 2.45) is 5.16 Å². The van der Waals surface area contributed by atoms with Crippen LogP contribution < -0.4 is 10.6 Å². The zero-order valence-corrected chi connectivity index (χ0v) is 15.2. The summed E-state index contributed by atoms with van der Waals surface area (Å²) in [6, 6.07) is 8.21. The fourth-order valence-corrected chi connectivity index (χ4v) is 3.25. The standard InChI is InChI=1S/C19H27N3O3/c1-13-4-6-14(7-5-13)17-10-16(25-22-17)12-20-18(23)21-15-8-9-24-19(2,3)11-15/h4-7,15-16H,8-12H2,1-3H3,(H2,20,21,23)/t15-,16-/m0/s1. The summed E-state index contributed by atoms with van der Waals surface area (Å²) < 4.78 is 5.67. The summed E-state index contributed by atoms with van der Waals surface area (Å²) in [7, 11) is 0. The molecule has 0 saturated carbocycles. The van der Waals surface area contributed by atoms with Gasteiger partial charge in [-0.25, -0.2) is 4.79 Å². The first kappa shape index (κ1) is 17.7. The number of rotatable bonds is 4. The number of nitrogens with zero attached hydrogens (tertiary/aromatic N) is 1. The highest BCUT2D eigenvalue weighted by atomic mass is 16.6. The molecular weight excluding hydrogens is 318 g/mol. The third kappa shape index (κ3) is 4.95. The van der Waals surface area contributed by atoms with E-state index in [0.29, 0.717) is 19.6 Å². The van der Waals surface area contributed by atoms with Crippen molar-refractivity contribution >= 4 is 11.7 Å². The van der Waals surface area contributed by atoms with E-state index in [0.717, 1.165) is 24.1 Å². The summed E-state index contributed by atoms with van der Waals surface area (Å²) in [5.41, 5.74) is 3.04. The Morgan fingerprint density at radius 3 is 2.80 bits per heavy atom. The second kappa shape index (κ2) is 7.44. The number of carbonyl (C=O) groups is 1. The van der Waals surface area contributed by atoms with Crippen molar-refractivity contribution < 1.29 is 14.4 Å². The van der Waals surface area contributed by atoms with Crippen LogP contribution in [0.4, 0.5) is 4.79 Å². The summed E-state index contributed by atoms with van der Waals surface area (Å²) in [4.78, 5) is 17.6. The van der Waals surface area contributed by atoms with E-state index in [9.17, 15) is 4.79 Å². The van der Waals surface area contributed by atoms with Gasteiger partial charge in [0.1, 0.15) is 0 Å². The van der Waals surface area contributed by atoms with Crippen LogP contribution >= 0.6 is 0 Å². The van der Waals surface area contributed by atoms with Gasteiger partial charge >= 0.3 is 6.03 Å². The topological polar surface area (TPSA) is 72.0 Å². The van der Waals surface area contributed by atoms with Gasteiger partial charge in [-0.2, -0.15) is 0 Å². The first-order valence-corrected chi connectivity index (χ1v) is 8.89. The Morgan fingerprint density at radius 1 is 1.32 bits per heavy atom. The molecule has 1 aromatic rings.